The van der Waals surface area contributed by atoms with Crippen LogP contribution in [0.3, 0.4) is 0 Å². The summed E-state index contributed by atoms with van der Waals surface area (Å²) in [5.41, 5.74) is 1.53. The molecule has 172 valence electrons. The number of ether oxygens (including phenoxy) is 2. The van der Waals surface area contributed by atoms with E-state index < -0.39 is 22.5 Å². The lowest BCUT2D eigenvalue weighted by atomic mass is 10.2. The number of anilines is 2. The molecule has 2 aromatic carbocycles. The molecule has 1 amide bonds. The van der Waals surface area contributed by atoms with E-state index in [4.69, 9.17) is 9.47 Å². The molecule has 0 atom stereocenters. The highest BCUT2D eigenvalue weighted by atomic mass is 32.2. The number of aromatic nitrogens is 1. The van der Waals surface area contributed by atoms with Crippen molar-refractivity contribution in [2.45, 2.75) is 19.9 Å². The number of nitrogens with zero attached hydrogens (tertiary/aromatic N) is 2. The fourth-order valence-corrected chi connectivity index (χ4v) is 5.21. The Labute approximate surface area is 190 Å². The first kappa shape index (κ1) is 23.6. The van der Waals surface area contributed by atoms with Crippen molar-refractivity contribution >= 4 is 48.9 Å². The number of rotatable bonds is 8. The molecule has 11 heteroatoms. The van der Waals surface area contributed by atoms with E-state index >= 15 is 0 Å². The SMILES string of the molecule is COc1ccc(N(CC(=O)Nc2ccc3c(c2)sc(=O)n3C(C)C)S(C)(=O)=O)cc1OC. The molecule has 0 aliphatic heterocycles. The number of fused-ring (bicyclic) bond motifs is 1. The normalized spacial score (nSPS) is 11.6. The maximum absolute atomic E-state index is 12.7. The van der Waals surface area contributed by atoms with Gasteiger partial charge < -0.3 is 14.8 Å². The lowest BCUT2D eigenvalue weighted by Crippen LogP contribution is -2.37. The monoisotopic (exact) mass is 479 g/mol. The van der Waals surface area contributed by atoms with Crippen LogP contribution in [-0.2, 0) is 14.8 Å². The molecule has 0 unspecified atom stereocenters. The lowest BCUT2D eigenvalue weighted by molar-refractivity contribution is -0.114. The highest BCUT2D eigenvalue weighted by Gasteiger charge is 2.22. The van der Waals surface area contributed by atoms with Crippen molar-refractivity contribution in [2.75, 3.05) is 36.6 Å². The highest BCUT2D eigenvalue weighted by Crippen LogP contribution is 2.32. The average Bonchev–Trinajstić information content (AvgIpc) is 3.05. The second-order valence-corrected chi connectivity index (χ2v) is 10.3. The third kappa shape index (κ3) is 4.89. The van der Waals surface area contributed by atoms with E-state index in [1.54, 1.807) is 28.8 Å². The summed E-state index contributed by atoms with van der Waals surface area (Å²) in [6, 6.07) is 9.78. The van der Waals surface area contributed by atoms with Crippen LogP contribution in [0.1, 0.15) is 19.9 Å². The Morgan fingerprint density at radius 3 is 2.41 bits per heavy atom. The van der Waals surface area contributed by atoms with Gasteiger partial charge in [0.2, 0.25) is 15.9 Å². The molecule has 3 rings (SSSR count). The van der Waals surface area contributed by atoms with Crippen LogP contribution in [0.2, 0.25) is 0 Å². The number of thiazole rings is 1. The third-order valence-electron chi connectivity index (χ3n) is 4.76. The molecule has 9 nitrogen and oxygen atoms in total. The maximum atomic E-state index is 12.7. The number of benzene rings is 2. The van der Waals surface area contributed by atoms with E-state index in [-0.39, 0.29) is 16.6 Å². The van der Waals surface area contributed by atoms with Gasteiger partial charge in [0.05, 0.1) is 36.4 Å². The van der Waals surface area contributed by atoms with Crippen molar-refractivity contribution in [3.63, 3.8) is 0 Å². The van der Waals surface area contributed by atoms with Crippen LogP contribution >= 0.6 is 11.3 Å². The summed E-state index contributed by atoms with van der Waals surface area (Å²) in [5.74, 6) is 0.254. The maximum Gasteiger partial charge on any atom is 0.308 e. The summed E-state index contributed by atoms with van der Waals surface area (Å²) in [6.07, 6.45) is 1.02. The molecule has 0 aliphatic carbocycles. The van der Waals surface area contributed by atoms with E-state index in [0.717, 1.165) is 32.1 Å². The zero-order chi connectivity index (χ0) is 23.6. The Hall–Kier alpha value is -3.05. The number of hydrogen-bond acceptors (Lipinski definition) is 7. The van der Waals surface area contributed by atoms with E-state index in [9.17, 15) is 18.0 Å². The second kappa shape index (κ2) is 9.21. The second-order valence-electron chi connectivity index (χ2n) is 7.37. The van der Waals surface area contributed by atoms with Gasteiger partial charge in [0, 0.05) is 17.8 Å². The van der Waals surface area contributed by atoms with Crippen LogP contribution in [-0.4, -0.2) is 45.9 Å². The molecular weight excluding hydrogens is 454 g/mol. The van der Waals surface area contributed by atoms with Gasteiger partial charge in [0.25, 0.3) is 0 Å². The van der Waals surface area contributed by atoms with Gasteiger partial charge >= 0.3 is 4.87 Å². The summed E-state index contributed by atoms with van der Waals surface area (Å²) < 4.78 is 38.6. The molecule has 1 N–H and O–H groups in total. The van der Waals surface area contributed by atoms with Crippen molar-refractivity contribution < 1.29 is 22.7 Å². The molecule has 0 saturated heterocycles. The van der Waals surface area contributed by atoms with Crippen molar-refractivity contribution in [2.24, 2.45) is 0 Å². The molecule has 1 aromatic heterocycles. The van der Waals surface area contributed by atoms with Gasteiger partial charge in [0.1, 0.15) is 6.54 Å². The third-order valence-corrected chi connectivity index (χ3v) is 6.81. The quantitative estimate of drug-likeness (QED) is 0.532. The van der Waals surface area contributed by atoms with Crippen molar-refractivity contribution in [3.05, 3.63) is 46.1 Å². The van der Waals surface area contributed by atoms with Crippen LogP contribution in [0.5, 0.6) is 11.5 Å². The fraction of sp³-hybridized carbons (Fsp3) is 0.333. The zero-order valence-electron chi connectivity index (χ0n) is 18.4. The number of nitrogens with one attached hydrogen (secondary N) is 1. The first-order valence-electron chi connectivity index (χ1n) is 9.69. The molecular formula is C21H25N3O6S2. The van der Waals surface area contributed by atoms with Gasteiger partial charge in [-0.1, -0.05) is 11.3 Å². The standard InChI is InChI=1S/C21H25N3O6S2/c1-13(2)24-16-8-6-14(10-19(16)31-21(24)26)22-20(25)12-23(32(5,27)28)15-7-9-17(29-3)18(11-15)30-4/h6-11,13H,12H2,1-5H3,(H,22,25). The molecule has 0 bridgehead atoms. The van der Waals surface area contributed by atoms with E-state index in [1.165, 1.54) is 26.4 Å². The molecule has 0 saturated carbocycles. The molecule has 32 heavy (non-hydrogen) atoms. The number of carbonyl (C=O) groups is 1. The summed E-state index contributed by atoms with van der Waals surface area (Å²) in [4.78, 5) is 24.9. The number of sulfonamides is 1. The number of hydrogen-bond donors (Lipinski definition) is 1. The van der Waals surface area contributed by atoms with Gasteiger partial charge in [-0.05, 0) is 44.2 Å². The predicted octanol–water partition coefficient (Wildman–Crippen LogP) is 3.07. The van der Waals surface area contributed by atoms with Crippen LogP contribution < -0.4 is 24.0 Å². The van der Waals surface area contributed by atoms with Crippen LogP contribution in [0.15, 0.2) is 41.2 Å². The lowest BCUT2D eigenvalue weighted by Gasteiger charge is -2.23. The number of carbonyl (C=O) groups excluding carboxylic acids is 1. The van der Waals surface area contributed by atoms with E-state index in [2.05, 4.69) is 5.32 Å². The van der Waals surface area contributed by atoms with Crippen LogP contribution in [0.25, 0.3) is 10.2 Å². The molecule has 0 spiro atoms. The summed E-state index contributed by atoms with van der Waals surface area (Å²) >= 11 is 1.09. The Morgan fingerprint density at radius 1 is 1.12 bits per heavy atom. The summed E-state index contributed by atoms with van der Waals surface area (Å²) in [5, 5.41) is 2.71. The van der Waals surface area contributed by atoms with E-state index in [0.29, 0.717) is 17.2 Å². The molecule has 1 heterocycles. The van der Waals surface area contributed by atoms with Gasteiger partial charge in [0.15, 0.2) is 11.5 Å². The van der Waals surface area contributed by atoms with Gasteiger partial charge in [-0.2, -0.15) is 0 Å². The average molecular weight is 480 g/mol. The minimum Gasteiger partial charge on any atom is -0.493 e. The Morgan fingerprint density at radius 2 is 1.81 bits per heavy atom. The Bertz CT molecular complexity index is 1310. The largest absolute Gasteiger partial charge is 0.493 e. The minimum absolute atomic E-state index is 0.0153. The smallest absolute Gasteiger partial charge is 0.308 e. The van der Waals surface area contributed by atoms with Gasteiger partial charge in [-0.25, -0.2) is 8.42 Å². The first-order chi connectivity index (χ1) is 15.0. The van der Waals surface area contributed by atoms with Gasteiger partial charge in [-0.3, -0.25) is 18.5 Å². The van der Waals surface area contributed by atoms with Crippen molar-refractivity contribution in [1.82, 2.24) is 4.57 Å². The fourth-order valence-electron chi connectivity index (χ4n) is 3.31. The van der Waals surface area contributed by atoms with Crippen molar-refractivity contribution in [1.29, 1.82) is 0 Å². The molecule has 0 fully saturated rings. The molecule has 3 aromatic rings. The highest BCUT2D eigenvalue weighted by molar-refractivity contribution is 7.92. The minimum atomic E-state index is -3.76. The Kier molecular flexibility index (Phi) is 6.79. The van der Waals surface area contributed by atoms with Crippen LogP contribution in [0.4, 0.5) is 11.4 Å². The predicted molar refractivity (Wildman–Crippen MR) is 127 cm³/mol. The van der Waals surface area contributed by atoms with Crippen LogP contribution in [0, 0.1) is 0 Å². The summed E-state index contributed by atoms with van der Waals surface area (Å²) in [7, 11) is -0.848. The molecule has 0 aliphatic rings. The molecule has 0 radical (unpaired) electrons. The summed E-state index contributed by atoms with van der Waals surface area (Å²) in [6.45, 7) is 3.42. The first-order valence-corrected chi connectivity index (χ1v) is 12.4. The number of methoxy groups -OCH3 is 2. The van der Waals surface area contributed by atoms with E-state index in [1.807, 2.05) is 13.8 Å². The zero-order valence-corrected chi connectivity index (χ0v) is 20.0. The Balaban J connectivity index is 1.86. The number of amides is 1. The van der Waals surface area contributed by atoms with Crippen molar-refractivity contribution in [3.8, 4) is 11.5 Å². The topological polar surface area (TPSA) is 107 Å². The van der Waals surface area contributed by atoms with Gasteiger partial charge in [-0.15, -0.1) is 0 Å².